The van der Waals surface area contributed by atoms with Crippen LogP contribution in [0.4, 0.5) is 5.69 Å². The molecule has 1 heterocycles. The smallest absolute Gasteiger partial charge is 0.0931 e. The molecule has 1 aliphatic rings. The third-order valence-electron chi connectivity index (χ3n) is 3.65. The van der Waals surface area contributed by atoms with Crippen molar-refractivity contribution < 1.29 is 0 Å². The maximum absolute atomic E-state index is 5.81. The maximum atomic E-state index is 5.81. The van der Waals surface area contributed by atoms with E-state index in [9.17, 15) is 0 Å². The quantitative estimate of drug-likeness (QED) is 0.844. The Kier molecular flexibility index (Phi) is 2.52. The first-order valence-electron chi connectivity index (χ1n) is 6.12. The number of rotatable bonds is 3. The van der Waals surface area contributed by atoms with Gasteiger partial charge in [0.1, 0.15) is 0 Å². The number of aromatic nitrogens is 2. The summed E-state index contributed by atoms with van der Waals surface area (Å²) in [6.07, 6.45) is 4.06. The highest BCUT2D eigenvalue weighted by molar-refractivity contribution is 5.78. The van der Waals surface area contributed by atoms with Crippen molar-refractivity contribution in [2.45, 2.75) is 18.9 Å². The molecule has 1 saturated carbocycles. The lowest BCUT2D eigenvalue weighted by molar-refractivity contribution is 0.271. The standard InChI is InChI=1S/C13H18N4/c1-17(7-9-4-10(14)5-9)11-2-3-12-13(6-11)16-8-15-12/h2-3,6,8-10H,4-5,7,14H2,1H3,(H,15,16). The van der Waals surface area contributed by atoms with Crippen molar-refractivity contribution in [3.63, 3.8) is 0 Å². The molecule has 1 aromatic carbocycles. The van der Waals surface area contributed by atoms with E-state index in [1.54, 1.807) is 6.33 Å². The van der Waals surface area contributed by atoms with Crippen molar-refractivity contribution in [2.75, 3.05) is 18.5 Å². The Morgan fingerprint density at radius 1 is 1.47 bits per heavy atom. The molecule has 4 nitrogen and oxygen atoms in total. The molecule has 3 N–H and O–H groups in total. The number of benzene rings is 1. The maximum Gasteiger partial charge on any atom is 0.0931 e. The van der Waals surface area contributed by atoms with Gasteiger partial charge in [0, 0.05) is 25.3 Å². The zero-order valence-corrected chi connectivity index (χ0v) is 10.1. The Morgan fingerprint density at radius 3 is 3.06 bits per heavy atom. The zero-order valence-electron chi connectivity index (χ0n) is 10.1. The average molecular weight is 230 g/mol. The highest BCUT2D eigenvalue weighted by Crippen LogP contribution is 2.28. The summed E-state index contributed by atoms with van der Waals surface area (Å²) in [5, 5.41) is 0. The number of imidazole rings is 1. The van der Waals surface area contributed by atoms with Crippen molar-refractivity contribution in [2.24, 2.45) is 11.7 Å². The number of hydrogen-bond acceptors (Lipinski definition) is 3. The Bertz CT molecular complexity index is 513. The summed E-state index contributed by atoms with van der Waals surface area (Å²) in [6, 6.07) is 6.77. The molecule has 0 amide bonds. The normalized spacial score (nSPS) is 23.6. The van der Waals surface area contributed by atoms with Crippen LogP contribution in [0.25, 0.3) is 11.0 Å². The molecule has 3 rings (SSSR count). The Balaban J connectivity index is 1.73. The molecule has 0 saturated heterocycles. The highest BCUT2D eigenvalue weighted by atomic mass is 15.1. The number of aromatic amines is 1. The highest BCUT2D eigenvalue weighted by Gasteiger charge is 2.26. The van der Waals surface area contributed by atoms with Gasteiger partial charge in [0.25, 0.3) is 0 Å². The van der Waals surface area contributed by atoms with Crippen LogP contribution in [0.3, 0.4) is 0 Å². The fourth-order valence-corrected chi connectivity index (χ4v) is 2.59. The number of hydrogen-bond donors (Lipinski definition) is 2. The molecule has 0 bridgehead atoms. The van der Waals surface area contributed by atoms with E-state index in [0.29, 0.717) is 6.04 Å². The summed E-state index contributed by atoms with van der Waals surface area (Å²) in [7, 11) is 2.14. The molecular formula is C13H18N4. The van der Waals surface area contributed by atoms with E-state index in [1.807, 2.05) is 0 Å². The first-order valence-corrected chi connectivity index (χ1v) is 6.12. The summed E-state index contributed by atoms with van der Waals surface area (Å²) >= 11 is 0. The van der Waals surface area contributed by atoms with Gasteiger partial charge in [-0.1, -0.05) is 0 Å². The predicted molar refractivity (Wildman–Crippen MR) is 70.1 cm³/mol. The minimum absolute atomic E-state index is 0.434. The van der Waals surface area contributed by atoms with Crippen molar-refractivity contribution in [1.82, 2.24) is 9.97 Å². The second-order valence-electron chi connectivity index (χ2n) is 5.08. The van der Waals surface area contributed by atoms with Crippen LogP contribution in [0.2, 0.25) is 0 Å². The molecule has 1 fully saturated rings. The SMILES string of the molecule is CN(CC1CC(N)C1)c1ccc2nc[nH]c2c1. The predicted octanol–water partition coefficient (Wildman–Crippen LogP) is 1.74. The number of nitrogens with zero attached hydrogens (tertiary/aromatic N) is 2. The zero-order chi connectivity index (χ0) is 11.8. The van der Waals surface area contributed by atoms with E-state index < -0.39 is 0 Å². The lowest BCUT2D eigenvalue weighted by Crippen LogP contribution is -2.41. The molecule has 0 atom stereocenters. The number of nitrogens with two attached hydrogens (primary N) is 1. The molecule has 0 unspecified atom stereocenters. The first kappa shape index (κ1) is 10.6. The molecule has 0 spiro atoms. The second-order valence-corrected chi connectivity index (χ2v) is 5.08. The van der Waals surface area contributed by atoms with Gasteiger partial charge in [-0.05, 0) is 37.0 Å². The van der Waals surface area contributed by atoms with Crippen LogP contribution >= 0.6 is 0 Å². The van der Waals surface area contributed by atoms with Crippen LogP contribution in [0, 0.1) is 5.92 Å². The van der Waals surface area contributed by atoms with E-state index in [4.69, 9.17) is 5.73 Å². The molecule has 17 heavy (non-hydrogen) atoms. The molecule has 0 aliphatic heterocycles. The van der Waals surface area contributed by atoms with Gasteiger partial charge >= 0.3 is 0 Å². The van der Waals surface area contributed by atoms with Crippen LogP contribution < -0.4 is 10.6 Å². The van der Waals surface area contributed by atoms with Crippen molar-refractivity contribution in [3.8, 4) is 0 Å². The van der Waals surface area contributed by atoms with Crippen LogP contribution in [0.5, 0.6) is 0 Å². The monoisotopic (exact) mass is 230 g/mol. The van der Waals surface area contributed by atoms with Gasteiger partial charge in [-0.2, -0.15) is 0 Å². The van der Waals surface area contributed by atoms with Gasteiger partial charge in [-0.15, -0.1) is 0 Å². The van der Waals surface area contributed by atoms with Gasteiger partial charge in [0.05, 0.1) is 17.4 Å². The lowest BCUT2D eigenvalue weighted by atomic mass is 9.80. The van der Waals surface area contributed by atoms with Crippen LogP contribution in [-0.4, -0.2) is 29.6 Å². The van der Waals surface area contributed by atoms with Gasteiger partial charge in [-0.3, -0.25) is 0 Å². The first-order chi connectivity index (χ1) is 8.22. The lowest BCUT2D eigenvalue weighted by Gasteiger charge is -2.36. The van der Waals surface area contributed by atoms with E-state index in [1.165, 1.54) is 5.69 Å². The number of nitrogens with one attached hydrogen (secondary N) is 1. The number of H-pyrrole nitrogens is 1. The third kappa shape index (κ3) is 2.00. The van der Waals surface area contributed by atoms with Crippen LogP contribution in [0.1, 0.15) is 12.8 Å². The van der Waals surface area contributed by atoms with E-state index in [-0.39, 0.29) is 0 Å². The van der Waals surface area contributed by atoms with Crippen LogP contribution in [-0.2, 0) is 0 Å². The molecule has 1 aliphatic carbocycles. The van der Waals surface area contributed by atoms with E-state index in [2.05, 4.69) is 40.1 Å². The van der Waals surface area contributed by atoms with Crippen molar-refractivity contribution in [3.05, 3.63) is 24.5 Å². The molecular weight excluding hydrogens is 212 g/mol. The molecule has 90 valence electrons. The van der Waals surface area contributed by atoms with Gasteiger partial charge in [0.2, 0.25) is 0 Å². The summed E-state index contributed by atoms with van der Waals surface area (Å²) in [4.78, 5) is 9.67. The van der Waals surface area contributed by atoms with E-state index in [0.717, 1.165) is 36.3 Å². The van der Waals surface area contributed by atoms with Gasteiger partial charge in [-0.25, -0.2) is 4.98 Å². The molecule has 1 aromatic heterocycles. The summed E-state index contributed by atoms with van der Waals surface area (Å²) in [5.74, 6) is 0.757. The molecule has 4 heteroatoms. The third-order valence-corrected chi connectivity index (χ3v) is 3.65. The van der Waals surface area contributed by atoms with E-state index >= 15 is 0 Å². The fraction of sp³-hybridized carbons (Fsp3) is 0.462. The summed E-state index contributed by atoms with van der Waals surface area (Å²) in [5.41, 5.74) is 9.17. The molecule has 0 radical (unpaired) electrons. The topological polar surface area (TPSA) is 57.9 Å². The Labute approximate surface area is 101 Å². The number of fused-ring (bicyclic) bond motifs is 1. The second kappa shape index (κ2) is 4.04. The summed E-state index contributed by atoms with van der Waals surface area (Å²) in [6.45, 7) is 1.09. The van der Waals surface area contributed by atoms with Crippen LogP contribution in [0.15, 0.2) is 24.5 Å². The minimum Gasteiger partial charge on any atom is -0.374 e. The summed E-state index contributed by atoms with van der Waals surface area (Å²) < 4.78 is 0. The molecule has 2 aromatic rings. The van der Waals surface area contributed by atoms with Crippen molar-refractivity contribution in [1.29, 1.82) is 0 Å². The van der Waals surface area contributed by atoms with Gasteiger partial charge in [0.15, 0.2) is 0 Å². The number of anilines is 1. The fourth-order valence-electron chi connectivity index (χ4n) is 2.59. The van der Waals surface area contributed by atoms with Crippen molar-refractivity contribution >= 4 is 16.7 Å². The largest absolute Gasteiger partial charge is 0.374 e. The Hall–Kier alpha value is -1.55. The van der Waals surface area contributed by atoms with Gasteiger partial charge < -0.3 is 15.6 Å². The Morgan fingerprint density at radius 2 is 2.29 bits per heavy atom. The minimum atomic E-state index is 0.434. The average Bonchev–Trinajstić information content (AvgIpc) is 2.73.